The zero-order chi connectivity index (χ0) is 12.7. The number of fused-ring (bicyclic) bond motifs is 1. The maximum Gasteiger partial charge on any atom is 0.178 e. The van der Waals surface area contributed by atoms with Gasteiger partial charge in [-0.3, -0.25) is 0 Å². The molecule has 0 amide bonds. The van der Waals surface area contributed by atoms with Gasteiger partial charge in [-0.2, -0.15) is 0 Å². The number of aromatic nitrogens is 4. The molecule has 0 aliphatic heterocycles. The fourth-order valence-corrected chi connectivity index (χ4v) is 2.06. The van der Waals surface area contributed by atoms with E-state index in [1.165, 1.54) is 0 Å². The van der Waals surface area contributed by atoms with E-state index in [9.17, 15) is 0 Å². The van der Waals surface area contributed by atoms with Gasteiger partial charge in [-0.25, -0.2) is 9.97 Å². The van der Waals surface area contributed by atoms with E-state index in [2.05, 4.69) is 40.9 Å². The molecule has 0 aliphatic rings. The molecule has 4 heteroatoms. The van der Waals surface area contributed by atoms with Crippen LogP contribution in [-0.2, 0) is 7.05 Å². The highest BCUT2D eigenvalue weighted by Crippen LogP contribution is 2.21. The molecule has 0 fully saturated rings. The molecule has 3 rings (SSSR count). The van der Waals surface area contributed by atoms with Gasteiger partial charge >= 0.3 is 0 Å². The molecular weight excluding hydrogens is 224 g/mol. The van der Waals surface area contributed by atoms with Crippen molar-refractivity contribution in [2.24, 2.45) is 7.05 Å². The number of imidazole rings is 1. The smallest absolute Gasteiger partial charge is 0.178 e. The highest BCUT2D eigenvalue weighted by atomic mass is 15.0. The van der Waals surface area contributed by atoms with E-state index in [0.29, 0.717) is 5.92 Å². The summed E-state index contributed by atoms with van der Waals surface area (Å²) in [5.74, 6) is 1.29. The van der Waals surface area contributed by atoms with Gasteiger partial charge in [0.15, 0.2) is 11.5 Å². The number of nitrogens with zero attached hydrogens (tertiary/aromatic N) is 3. The van der Waals surface area contributed by atoms with Crippen molar-refractivity contribution in [3.63, 3.8) is 0 Å². The number of aromatic amines is 1. The van der Waals surface area contributed by atoms with E-state index >= 15 is 0 Å². The number of H-pyrrole nitrogens is 1. The molecule has 0 bridgehead atoms. The largest absolute Gasteiger partial charge is 0.348 e. The summed E-state index contributed by atoms with van der Waals surface area (Å²) in [6, 6.07) is 8.16. The first-order valence-corrected chi connectivity index (χ1v) is 6.13. The minimum Gasteiger partial charge on any atom is -0.348 e. The van der Waals surface area contributed by atoms with Crippen LogP contribution in [0.3, 0.4) is 0 Å². The molecule has 18 heavy (non-hydrogen) atoms. The second-order valence-electron chi connectivity index (χ2n) is 4.85. The minimum atomic E-state index is 0.421. The van der Waals surface area contributed by atoms with Crippen LogP contribution in [0.1, 0.15) is 25.5 Å². The maximum atomic E-state index is 4.58. The summed E-state index contributed by atoms with van der Waals surface area (Å²) in [7, 11) is 2.01. The number of rotatable bonds is 2. The summed E-state index contributed by atoms with van der Waals surface area (Å²) >= 11 is 0. The van der Waals surface area contributed by atoms with Crippen LogP contribution >= 0.6 is 0 Å². The van der Waals surface area contributed by atoms with Gasteiger partial charge in [-0.1, -0.05) is 13.8 Å². The Kier molecular flexibility index (Phi) is 2.44. The zero-order valence-electron chi connectivity index (χ0n) is 10.8. The third kappa shape index (κ3) is 1.70. The van der Waals surface area contributed by atoms with Crippen molar-refractivity contribution in [2.45, 2.75) is 19.8 Å². The lowest BCUT2D eigenvalue weighted by atomic mass is 10.1. The van der Waals surface area contributed by atoms with Gasteiger partial charge in [0.05, 0.1) is 11.2 Å². The lowest BCUT2D eigenvalue weighted by molar-refractivity contribution is 0.828. The van der Waals surface area contributed by atoms with Gasteiger partial charge in [0.1, 0.15) is 0 Å². The summed E-state index contributed by atoms with van der Waals surface area (Å²) in [5.41, 5.74) is 3.92. The first-order chi connectivity index (χ1) is 8.65. The molecule has 0 unspecified atom stereocenters. The molecule has 0 radical (unpaired) electrons. The van der Waals surface area contributed by atoms with Crippen molar-refractivity contribution in [1.82, 2.24) is 19.5 Å². The fourth-order valence-electron chi connectivity index (χ4n) is 2.06. The van der Waals surface area contributed by atoms with Crippen LogP contribution in [0, 0.1) is 0 Å². The standard InChI is InChI=1S/C14H16N4/c1-9(2)10-6-7-11-13(15-10)17-14(16-11)12-5-4-8-18(12)3/h4-9H,1-3H3,(H,15,16,17). The average molecular weight is 240 g/mol. The van der Waals surface area contributed by atoms with Gasteiger partial charge in [0, 0.05) is 18.9 Å². The van der Waals surface area contributed by atoms with E-state index in [1.807, 2.05) is 29.9 Å². The van der Waals surface area contributed by atoms with Gasteiger partial charge in [0.2, 0.25) is 0 Å². The number of pyridine rings is 1. The highest BCUT2D eigenvalue weighted by molar-refractivity contribution is 5.75. The Morgan fingerprint density at radius 2 is 2.00 bits per heavy atom. The first kappa shape index (κ1) is 11.0. The summed E-state index contributed by atoms with van der Waals surface area (Å²) in [6.07, 6.45) is 2.01. The van der Waals surface area contributed by atoms with E-state index < -0.39 is 0 Å². The molecule has 3 aromatic rings. The molecule has 0 aromatic carbocycles. The van der Waals surface area contributed by atoms with E-state index in [1.54, 1.807) is 0 Å². The molecule has 4 nitrogen and oxygen atoms in total. The highest BCUT2D eigenvalue weighted by Gasteiger charge is 2.10. The van der Waals surface area contributed by atoms with Crippen LogP contribution in [0.15, 0.2) is 30.5 Å². The van der Waals surface area contributed by atoms with Crippen molar-refractivity contribution in [3.8, 4) is 11.5 Å². The number of nitrogens with one attached hydrogen (secondary N) is 1. The molecule has 0 saturated carbocycles. The molecule has 3 heterocycles. The summed E-state index contributed by atoms with van der Waals surface area (Å²) in [5, 5.41) is 0. The van der Waals surface area contributed by atoms with Crippen LogP contribution in [0.25, 0.3) is 22.7 Å². The Morgan fingerprint density at radius 1 is 1.17 bits per heavy atom. The predicted molar refractivity (Wildman–Crippen MR) is 72.4 cm³/mol. The summed E-state index contributed by atoms with van der Waals surface area (Å²) in [4.78, 5) is 12.5. The SMILES string of the molecule is CC(C)c1ccc2[nH]c(-c3cccn3C)nc2n1. The first-order valence-electron chi connectivity index (χ1n) is 6.13. The van der Waals surface area contributed by atoms with E-state index in [-0.39, 0.29) is 0 Å². The van der Waals surface area contributed by atoms with E-state index in [0.717, 1.165) is 28.4 Å². The van der Waals surface area contributed by atoms with E-state index in [4.69, 9.17) is 0 Å². The van der Waals surface area contributed by atoms with Gasteiger partial charge in [-0.05, 0) is 30.2 Å². The van der Waals surface area contributed by atoms with Crippen LogP contribution in [0.5, 0.6) is 0 Å². The fraction of sp³-hybridized carbons (Fsp3) is 0.286. The summed E-state index contributed by atoms with van der Waals surface area (Å²) in [6.45, 7) is 4.28. The van der Waals surface area contributed by atoms with Gasteiger partial charge < -0.3 is 9.55 Å². The Hall–Kier alpha value is -2.10. The second-order valence-corrected chi connectivity index (χ2v) is 4.85. The lowest BCUT2D eigenvalue weighted by Gasteiger charge is -2.01. The van der Waals surface area contributed by atoms with Crippen molar-refractivity contribution >= 4 is 11.2 Å². The normalized spacial score (nSPS) is 11.6. The third-order valence-electron chi connectivity index (χ3n) is 3.15. The maximum absolute atomic E-state index is 4.58. The molecule has 0 spiro atoms. The molecule has 0 aliphatic carbocycles. The topological polar surface area (TPSA) is 46.5 Å². The number of hydrogen-bond acceptors (Lipinski definition) is 2. The van der Waals surface area contributed by atoms with Gasteiger partial charge in [0.25, 0.3) is 0 Å². The molecule has 3 aromatic heterocycles. The third-order valence-corrected chi connectivity index (χ3v) is 3.15. The minimum absolute atomic E-state index is 0.421. The van der Waals surface area contributed by atoms with Gasteiger partial charge in [-0.15, -0.1) is 0 Å². The Bertz CT molecular complexity index is 691. The van der Waals surface area contributed by atoms with Crippen LogP contribution in [0.4, 0.5) is 0 Å². The van der Waals surface area contributed by atoms with Crippen molar-refractivity contribution in [1.29, 1.82) is 0 Å². The average Bonchev–Trinajstić information content (AvgIpc) is 2.92. The van der Waals surface area contributed by atoms with Crippen LogP contribution in [0.2, 0.25) is 0 Å². The second kappa shape index (κ2) is 3.98. The van der Waals surface area contributed by atoms with Crippen molar-refractivity contribution in [2.75, 3.05) is 0 Å². The van der Waals surface area contributed by atoms with Crippen molar-refractivity contribution in [3.05, 3.63) is 36.2 Å². The molecule has 92 valence electrons. The Morgan fingerprint density at radius 3 is 2.67 bits per heavy atom. The summed E-state index contributed by atoms with van der Waals surface area (Å²) < 4.78 is 2.04. The number of aryl methyl sites for hydroxylation is 1. The predicted octanol–water partition coefficient (Wildman–Crippen LogP) is 3.09. The molecule has 0 atom stereocenters. The molecule has 0 saturated heterocycles. The molecule has 1 N–H and O–H groups in total. The zero-order valence-corrected chi connectivity index (χ0v) is 10.8. The Labute approximate surface area is 106 Å². The van der Waals surface area contributed by atoms with Crippen molar-refractivity contribution < 1.29 is 0 Å². The monoisotopic (exact) mass is 240 g/mol. The Balaban J connectivity index is 2.14. The lowest BCUT2D eigenvalue weighted by Crippen LogP contribution is -1.92. The molecular formula is C14H16N4. The quantitative estimate of drug-likeness (QED) is 0.748. The number of hydrogen-bond donors (Lipinski definition) is 1. The van der Waals surface area contributed by atoms with Crippen LogP contribution < -0.4 is 0 Å². The van der Waals surface area contributed by atoms with Crippen LogP contribution in [-0.4, -0.2) is 19.5 Å².